The van der Waals surface area contributed by atoms with Crippen LogP contribution < -0.4 is 0 Å². The molecule has 2 aromatic carbocycles. The highest BCUT2D eigenvalue weighted by molar-refractivity contribution is 6.10. The Kier molecular flexibility index (Phi) is 9.13. The first-order valence-corrected chi connectivity index (χ1v) is 10.2. The second kappa shape index (κ2) is 11.8. The summed E-state index contributed by atoms with van der Waals surface area (Å²) in [4.78, 5) is 44.1. The lowest BCUT2D eigenvalue weighted by Crippen LogP contribution is -2.30. The van der Waals surface area contributed by atoms with Crippen molar-refractivity contribution in [1.29, 1.82) is 0 Å². The minimum atomic E-state index is -0.607. The number of benzene rings is 2. The number of methoxy groups -OCH3 is 2. The van der Waals surface area contributed by atoms with E-state index in [1.807, 2.05) is 42.5 Å². The van der Waals surface area contributed by atoms with Gasteiger partial charge in [0.25, 0.3) is 0 Å². The molecular formula is C25H28O6. The van der Waals surface area contributed by atoms with Crippen molar-refractivity contribution in [3.63, 3.8) is 0 Å². The highest BCUT2D eigenvalue weighted by Crippen LogP contribution is 2.26. The predicted molar refractivity (Wildman–Crippen MR) is 116 cm³/mol. The lowest BCUT2D eigenvalue weighted by atomic mass is 9.83. The summed E-state index contributed by atoms with van der Waals surface area (Å²) in [5.74, 6) is -1.07. The van der Waals surface area contributed by atoms with Gasteiger partial charge in [-0.2, -0.15) is 0 Å². The summed E-state index contributed by atoms with van der Waals surface area (Å²) in [7, 11) is 2.67. The van der Waals surface area contributed by atoms with Crippen LogP contribution in [0.4, 0.5) is 0 Å². The van der Waals surface area contributed by atoms with Crippen molar-refractivity contribution in [2.45, 2.75) is 39.0 Å². The van der Waals surface area contributed by atoms with Gasteiger partial charge in [0, 0.05) is 24.5 Å². The van der Waals surface area contributed by atoms with Gasteiger partial charge < -0.3 is 9.47 Å². The number of fused-ring (bicyclic) bond motifs is 2. The van der Waals surface area contributed by atoms with Crippen molar-refractivity contribution in [2.24, 2.45) is 5.92 Å². The molecule has 31 heavy (non-hydrogen) atoms. The SMILES string of the molecule is COC(=O)C1CCc2ccccc2C1=O.COC(C)=O.O=C1CCCc2ccccc21. The summed E-state index contributed by atoms with van der Waals surface area (Å²) in [6.07, 6.45) is 4.15. The highest BCUT2D eigenvalue weighted by Gasteiger charge is 2.33. The molecule has 0 radical (unpaired) electrons. The molecule has 0 spiro atoms. The van der Waals surface area contributed by atoms with E-state index in [1.165, 1.54) is 26.7 Å². The van der Waals surface area contributed by atoms with Crippen LogP contribution in [0.25, 0.3) is 0 Å². The maximum Gasteiger partial charge on any atom is 0.316 e. The smallest absolute Gasteiger partial charge is 0.316 e. The van der Waals surface area contributed by atoms with E-state index in [0.29, 0.717) is 17.8 Å². The zero-order valence-electron chi connectivity index (χ0n) is 18.2. The lowest BCUT2D eigenvalue weighted by Gasteiger charge is -2.20. The molecule has 0 aromatic heterocycles. The molecular weight excluding hydrogens is 396 g/mol. The second-order valence-corrected chi connectivity index (χ2v) is 7.27. The fourth-order valence-corrected chi connectivity index (χ4v) is 3.55. The normalized spacial score (nSPS) is 16.3. The van der Waals surface area contributed by atoms with Gasteiger partial charge in [0.15, 0.2) is 11.6 Å². The van der Waals surface area contributed by atoms with Crippen LogP contribution in [-0.4, -0.2) is 37.7 Å². The van der Waals surface area contributed by atoms with Crippen LogP contribution >= 0.6 is 0 Å². The van der Waals surface area contributed by atoms with E-state index < -0.39 is 11.9 Å². The molecule has 0 bridgehead atoms. The first-order valence-electron chi connectivity index (χ1n) is 10.2. The fraction of sp³-hybridized carbons (Fsp3) is 0.360. The van der Waals surface area contributed by atoms with Crippen molar-refractivity contribution < 1.29 is 28.7 Å². The molecule has 6 nitrogen and oxygen atoms in total. The summed E-state index contributed by atoms with van der Waals surface area (Å²) >= 11 is 0. The van der Waals surface area contributed by atoms with Gasteiger partial charge in [-0.3, -0.25) is 19.2 Å². The number of aryl methyl sites for hydroxylation is 2. The number of rotatable bonds is 1. The third-order valence-electron chi connectivity index (χ3n) is 5.24. The van der Waals surface area contributed by atoms with E-state index >= 15 is 0 Å². The maximum absolute atomic E-state index is 11.9. The van der Waals surface area contributed by atoms with Crippen molar-refractivity contribution in [3.05, 3.63) is 70.8 Å². The minimum Gasteiger partial charge on any atom is -0.469 e. The van der Waals surface area contributed by atoms with E-state index in [2.05, 4.69) is 9.47 Å². The first kappa shape index (κ1) is 24.0. The molecule has 6 heteroatoms. The zero-order valence-corrected chi connectivity index (χ0v) is 18.2. The summed E-state index contributed by atoms with van der Waals surface area (Å²) < 4.78 is 8.73. The number of hydrogen-bond acceptors (Lipinski definition) is 6. The van der Waals surface area contributed by atoms with E-state index in [-0.39, 0.29) is 11.8 Å². The molecule has 0 N–H and O–H groups in total. The molecule has 2 aliphatic carbocycles. The van der Waals surface area contributed by atoms with Crippen LogP contribution in [0, 0.1) is 5.92 Å². The van der Waals surface area contributed by atoms with Gasteiger partial charge >= 0.3 is 11.9 Å². The van der Waals surface area contributed by atoms with Crippen LogP contribution in [0.15, 0.2) is 48.5 Å². The third kappa shape index (κ3) is 6.60. The number of ether oxygens (including phenoxy) is 2. The van der Waals surface area contributed by atoms with E-state index in [1.54, 1.807) is 6.07 Å². The van der Waals surface area contributed by atoms with Crippen LogP contribution in [0.1, 0.15) is 58.0 Å². The number of hydrogen-bond donors (Lipinski definition) is 0. The first-order chi connectivity index (χ1) is 14.9. The molecule has 1 unspecified atom stereocenters. The Morgan fingerprint density at radius 3 is 1.90 bits per heavy atom. The Balaban J connectivity index is 0.000000187. The predicted octanol–water partition coefficient (Wildman–Crippen LogP) is 3.99. The zero-order chi connectivity index (χ0) is 22.8. The number of ketones is 2. The molecule has 2 aliphatic rings. The molecule has 1 atom stereocenters. The molecule has 0 heterocycles. The van der Waals surface area contributed by atoms with Gasteiger partial charge in [-0.15, -0.1) is 0 Å². The van der Waals surface area contributed by atoms with Crippen LogP contribution in [-0.2, 0) is 31.9 Å². The Hall–Kier alpha value is -3.28. The summed E-state index contributed by atoms with van der Waals surface area (Å²) in [5.41, 5.74) is 3.87. The number of carbonyl (C=O) groups excluding carboxylic acids is 4. The molecule has 4 rings (SSSR count). The Morgan fingerprint density at radius 1 is 0.806 bits per heavy atom. The van der Waals surface area contributed by atoms with Crippen LogP contribution in [0.5, 0.6) is 0 Å². The minimum absolute atomic E-state index is 0.108. The van der Waals surface area contributed by atoms with Crippen LogP contribution in [0.2, 0.25) is 0 Å². The molecule has 0 saturated heterocycles. The van der Waals surface area contributed by atoms with Crippen molar-refractivity contribution in [1.82, 2.24) is 0 Å². The molecule has 2 aromatic rings. The van der Waals surface area contributed by atoms with Gasteiger partial charge in [0.05, 0.1) is 14.2 Å². The highest BCUT2D eigenvalue weighted by atomic mass is 16.5. The quantitative estimate of drug-likeness (QED) is 0.508. The maximum atomic E-state index is 11.9. The molecule has 0 fully saturated rings. The second-order valence-electron chi connectivity index (χ2n) is 7.27. The fourth-order valence-electron chi connectivity index (χ4n) is 3.55. The van der Waals surface area contributed by atoms with E-state index in [4.69, 9.17) is 0 Å². The van der Waals surface area contributed by atoms with Crippen LogP contribution in [0.3, 0.4) is 0 Å². The monoisotopic (exact) mass is 424 g/mol. The largest absolute Gasteiger partial charge is 0.469 e. The number of carbonyl (C=O) groups is 4. The molecule has 0 amide bonds. The van der Waals surface area contributed by atoms with Gasteiger partial charge in [0.1, 0.15) is 5.92 Å². The van der Waals surface area contributed by atoms with Gasteiger partial charge in [-0.1, -0.05) is 48.5 Å². The number of esters is 2. The summed E-state index contributed by atoms with van der Waals surface area (Å²) in [6, 6.07) is 15.3. The molecule has 0 aliphatic heterocycles. The van der Waals surface area contributed by atoms with Crippen molar-refractivity contribution in [3.8, 4) is 0 Å². The van der Waals surface area contributed by atoms with Gasteiger partial charge in [-0.25, -0.2) is 0 Å². The number of Topliss-reactive ketones (excluding diaryl/α,β-unsaturated/α-hetero) is 2. The summed E-state index contributed by atoms with van der Waals surface area (Å²) in [5, 5.41) is 0. The Bertz CT molecular complexity index is 947. The Morgan fingerprint density at radius 2 is 1.35 bits per heavy atom. The Labute approximate surface area is 182 Å². The molecule has 0 saturated carbocycles. The summed E-state index contributed by atoms with van der Waals surface area (Å²) in [6.45, 7) is 1.36. The average Bonchev–Trinajstić information content (AvgIpc) is 2.80. The van der Waals surface area contributed by atoms with E-state index in [9.17, 15) is 19.2 Å². The van der Waals surface area contributed by atoms with E-state index in [0.717, 1.165) is 36.8 Å². The van der Waals surface area contributed by atoms with Gasteiger partial charge in [0.2, 0.25) is 0 Å². The van der Waals surface area contributed by atoms with Gasteiger partial charge in [-0.05, 0) is 36.8 Å². The molecule has 164 valence electrons. The topological polar surface area (TPSA) is 86.7 Å². The standard InChI is InChI=1S/C12H12O3.C10H10O.C3H6O2/c1-15-12(14)10-7-6-8-4-2-3-5-9(8)11(10)13;11-10-7-3-5-8-4-1-2-6-9(8)10;1-3(4)5-2/h2-5,10H,6-7H2,1H3;1-2,4,6H,3,5,7H2;1-2H3. The van der Waals surface area contributed by atoms with Crippen molar-refractivity contribution >= 4 is 23.5 Å². The average molecular weight is 424 g/mol. The van der Waals surface area contributed by atoms with Crippen molar-refractivity contribution in [2.75, 3.05) is 14.2 Å². The lowest BCUT2D eigenvalue weighted by molar-refractivity contribution is -0.144. The third-order valence-corrected chi connectivity index (χ3v) is 5.24.